The zero-order chi connectivity index (χ0) is 35.0. The van der Waals surface area contributed by atoms with Gasteiger partial charge in [0, 0.05) is 33.6 Å². The summed E-state index contributed by atoms with van der Waals surface area (Å²) in [5.41, 5.74) is 4.07. The summed E-state index contributed by atoms with van der Waals surface area (Å²) in [7, 11) is 1.11. The molecule has 0 spiro atoms. The standard InChI is InChI=1S/C33H38N2O13/c1-17(36)34-28-30(47-20(4)39)29(46-19(3)38)27(16-43-18(2)37)48-32(28)44-15-26(31(40)42-5)35-33(41)45-14-25-23-12-8-6-10-21(23)22-11-7-9-13-24(22)25/h6-13,25-30,32H,14-16H2,1-5H3,(H,34,36)(H,35,41)/t26-,27+,28+,29+,30+,32+/m0/s1. The molecule has 0 radical (unpaired) electrons. The number of amides is 2. The van der Waals surface area contributed by atoms with E-state index in [1.165, 1.54) is 6.92 Å². The van der Waals surface area contributed by atoms with Gasteiger partial charge in [-0.2, -0.15) is 0 Å². The summed E-state index contributed by atoms with van der Waals surface area (Å²) in [5.74, 6) is -3.94. The van der Waals surface area contributed by atoms with Gasteiger partial charge in [-0.1, -0.05) is 48.5 Å². The largest absolute Gasteiger partial charge is 0.467 e. The van der Waals surface area contributed by atoms with Crippen molar-refractivity contribution in [3.05, 3.63) is 59.7 Å². The van der Waals surface area contributed by atoms with E-state index in [-0.39, 0.29) is 12.5 Å². The van der Waals surface area contributed by atoms with Gasteiger partial charge in [0.05, 0.1) is 13.7 Å². The van der Waals surface area contributed by atoms with Crippen LogP contribution >= 0.6 is 0 Å². The smallest absolute Gasteiger partial charge is 0.407 e. The molecule has 0 saturated carbocycles. The predicted molar refractivity (Wildman–Crippen MR) is 164 cm³/mol. The highest BCUT2D eigenvalue weighted by Gasteiger charge is 2.51. The maximum atomic E-state index is 13.0. The van der Waals surface area contributed by atoms with Crippen molar-refractivity contribution in [2.75, 3.05) is 26.9 Å². The van der Waals surface area contributed by atoms with Crippen LogP contribution in [0.2, 0.25) is 0 Å². The number of benzene rings is 2. The fourth-order valence-corrected chi connectivity index (χ4v) is 5.72. The minimum absolute atomic E-state index is 0.0234. The molecule has 15 heteroatoms. The number of esters is 4. The summed E-state index contributed by atoms with van der Waals surface area (Å²) in [4.78, 5) is 73.6. The Kier molecular flexibility index (Phi) is 12.1. The van der Waals surface area contributed by atoms with Crippen LogP contribution in [0.25, 0.3) is 11.1 Å². The van der Waals surface area contributed by atoms with Gasteiger partial charge in [0.25, 0.3) is 0 Å². The molecular formula is C33H38N2O13. The van der Waals surface area contributed by atoms with Crippen LogP contribution in [0.15, 0.2) is 48.5 Å². The lowest BCUT2D eigenvalue weighted by Gasteiger charge is -2.45. The Hall–Kier alpha value is -5.02. The van der Waals surface area contributed by atoms with E-state index < -0.39 is 85.8 Å². The first-order chi connectivity index (χ1) is 22.9. The molecule has 2 N–H and O–H groups in total. The second-order valence-corrected chi connectivity index (χ2v) is 11.1. The minimum atomic E-state index is -1.47. The van der Waals surface area contributed by atoms with Crippen molar-refractivity contribution < 1.29 is 61.9 Å². The zero-order valence-corrected chi connectivity index (χ0v) is 27.1. The molecule has 1 aliphatic carbocycles. The third-order valence-corrected chi connectivity index (χ3v) is 7.62. The van der Waals surface area contributed by atoms with Gasteiger partial charge in [-0.15, -0.1) is 0 Å². The van der Waals surface area contributed by atoms with Crippen molar-refractivity contribution in [3.8, 4) is 11.1 Å². The number of rotatable bonds is 12. The molecule has 0 aromatic heterocycles. The molecule has 2 aromatic carbocycles. The summed E-state index contributed by atoms with van der Waals surface area (Å²) in [6.07, 6.45) is -6.34. The van der Waals surface area contributed by atoms with Crippen LogP contribution in [0, 0.1) is 0 Å². The Morgan fingerprint density at radius 2 is 1.35 bits per heavy atom. The van der Waals surface area contributed by atoms with E-state index in [4.69, 9.17) is 33.2 Å². The van der Waals surface area contributed by atoms with Crippen molar-refractivity contribution in [1.82, 2.24) is 10.6 Å². The molecule has 0 bridgehead atoms. The molecule has 4 rings (SSSR count). The Balaban J connectivity index is 1.50. The highest BCUT2D eigenvalue weighted by molar-refractivity contribution is 5.82. The second kappa shape index (κ2) is 16.2. The average molecular weight is 671 g/mol. The molecule has 1 heterocycles. The van der Waals surface area contributed by atoms with Crippen molar-refractivity contribution in [2.24, 2.45) is 0 Å². The van der Waals surface area contributed by atoms with Crippen LogP contribution in [-0.2, 0) is 57.1 Å². The van der Waals surface area contributed by atoms with Gasteiger partial charge in [0.1, 0.15) is 25.4 Å². The van der Waals surface area contributed by atoms with Crippen LogP contribution in [0.1, 0.15) is 44.7 Å². The lowest BCUT2D eigenvalue weighted by Crippen LogP contribution is -2.67. The second-order valence-electron chi connectivity index (χ2n) is 11.1. The lowest BCUT2D eigenvalue weighted by molar-refractivity contribution is -0.278. The van der Waals surface area contributed by atoms with E-state index in [0.29, 0.717) is 0 Å². The fourth-order valence-electron chi connectivity index (χ4n) is 5.72. The van der Waals surface area contributed by atoms with E-state index in [0.717, 1.165) is 50.1 Å². The number of carbonyl (C=O) groups excluding carboxylic acids is 6. The van der Waals surface area contributed by atoms with Crippen molar-refractivity contribution in [2.45, 2.75) is 70.3 Å². The Morgan fingerprint density at radius 3 is 1.90 bits per heavy atom. The number of alkyl carbamates (subject to hydrolysis) is 1. The Labute approximate surface area is 276 Å². The summed E-state index contributed by atoms with van der Waals surface area (Å²) in [6.45, 7) is 3.51. The highest BCUT2D eigenvalue weighted by Crippen LogP contribution is 2.44. The highest BCUT2D eigenvalue weighted by atomic mass is 16.7. The molecule has 2 aliphatic rings. The Morgan fingerprint density at radius 1 is 0.771 bits per heavy atom. The molecule has 6 atom stereocenters. The molecule has 258 valence electrons. The summed E-state index contributed by atoms with van der Waals surface area (Å²) >= 11 is 0. The zero-order valence-electron chi connectivity index (χ0n) is 27.1. The number of hydrogen-bond donors (Lipinski definition) is 2. The molecule has 1 saturated heterocycles. The molecule has 1 aliphatic heterocycles. The number of methoxy groups -OCH3 is 1. The first-order valence-corrected chi connectivity index (χ1v) is 15.1. The van der Waals surface area contributed by atoms with Crippen molar-refractivity contribution in [1.29, 1.82) is 0 Å². The van der Waals surface area contributed by atoms with E-state index in [1.807, 2.05) is 48.5 Å². The van der Waals surface area contributed by atoms with Crippen molar-refractivity contribution >= 4 is 35.9 Å². The van der Waals surface area contributed by atoms with Crippen LogP contribution in [0.4, 0.5) is 4.79 Å². The van der Waals surface area contributed by atoms with E-state index >= 15 is 0 Å². The van der Waals surface area contributed by atoms with Gasteiger partial charge < -0.3 is 43.8 Å². The van der Waals surface area contributed by atoms with E-state index in [2.05, 4.69) is 10.6 Å². The summed E-state index contributed by atoms with van der Waals surface area (Å²) in [5, 5.41) is 4.99. The van der Waals surface area contributed by atoms with Crippen molar-refractivity contribution in [3.63, 3.8) is 0 Å². The van der Waals surface area contributed by atoms with Gasteiger partial charge in [-0.25, -0.2) is 9.59 Å². The number of hydrogen-bond acceptors (Lipinski definition) is 13. The van der Waals surface area contributed by atoms with Crippen LogP contribution < -0.4 is 10.6 Å². The maximum Gasteiger partial charge on any atom is 0.407 e. The Bertz CT molecular complexity index is 1480. The lowest BCUT2D eigenvalue weighted by atomic mass is 9.96. The molecular weight excluding hydrogens is 632 g/mol. The van der Waals surface area contributed by atoms with E-state index in [1.54, 1.807) is 0 Å². The maximum absolute atomic E-state index is 13.0. The van der Waals surface area contributed by atoms with Gasteiger partial charge in [-0.05, 0) is 22.3 Å². The van der Waals surface area contributed by atoms with Gasteiger partial charge in [0.2, 0.25) is 5.91 Å². The first kappa shape index (κ1) is 35.8. The fraction of sp³-hybridized carbons (Fsp3) is 0.455. The molecule has 0 unspecified atom stereocenters. The predicted octanol–water partition coefficient (Wildman–Crippen LogP) is 1.74. The third-order valence-electron chi connectivity index (χ3n) is 7.62. The van der Waals surface area contributed by atoms with Crippen LogP contribution in [0.3, 0.4) is 0 Å². The van der Waals surface area contributed by atoms with Gasteiger partial charge in [0.15, 0.2) is 24.5 Å². The molecule has 15 nitrogen and oxygen atoms in total. The van der Waals surface area contributed by atoms with Crippen LogP contribution in [0.5, 0.6) is 0 Å². The van der Waals surface area contributed by atoms with E-state index in [9.17, 15) is 28.8 Å². The topological polar surface area (TPSA) is 191 Å². The normalized spacial score (nSPS) is 21.8. The van der Waals surface area contributed by atoms with Gasteiger partial charge >= 0.3 is 30.0 Å². The summed E-state index contributed by atoms with van der Waals surface area (Å²) < 4.78 is 38.1. The first-order valence-electron chi connectivity index (χ1n) is 15.1. The number of carbonyl (C=O) groups is 6. The van der Waals surface area contributed by atoms with Crippen LogP contribution in [-0.4, -0.2) is 99.5 Å². The monoisotopic (exact) mass is 670 g/mol. The molecule has 2 amide bonds. The summed E-state index contributed by atoms with van der Waals surface area (Å²) in [6, 6.07) is 12.9. The number of nitrogens with one attached hydrogen (secondary N) is 2. The minimum Gasteiger partial charge on any atom is -0.467 e. The average Bonchev–Trinajstić information content (AvgIpc) is 3.36. The molecule has 2 aromatic rings. The third kappa shape index (κ3) is 8.86. The quantitative estimate of drug-likeness (QED) is 0.245. The number of ether oxygens (including phenoxy) is 7. The molecule has 48 heavy (non-hydrogen) atoms. The molecule has 1 fully saturated rings. The van der Waals surface area contributed by atoms with Gasteiger partial charge in [-0.3, -0.25) is 19.2 Å². The SMILES string of the molecule is COC(=O)[C@H](CO[C@@H]1O[C@H](COC(C)=O)[C@@H](OC(C)=O)[C@H](OC(C)=O)[C@H]1NC(C)=O)NC(=O)OCC1c2ccccc2-c2ccccc21. The number of fused-ring (bicyclic) bond motifs is 3.